The van der Waals surface area contributed by atoms with Crippen molar-refractivity contribution < 1.29 is 19.2 Å². The van der Waals surface area contributed by atoms with Crippen molar-refractivity contribution in [1.82, 2.24) is 10.5 Å². The zero-order chi connectivity index (χ0) is 17.7. The monoisotopic (exact) mass is 331 g/mol. The lowest BCUT2D eigenvalue weighted by Crippen LogP contribution is -2.46. The van der Waals surface area contributed by atoms with E-state index in [1.807, 2.05) is 0 Å². The highest BCUT2D eigenvalue weighted by Gasteiger charge is 2.19. The van der Waals surface area contributed by atoms with Crippen molar-refractivity contribution >= 4 is 17.5 Å². The Kier molecular flexibility index (Phi) is 5.35. The van der Waals surface area contributed by atoms with Gasteiger partial charge in [0.1, 0.15) is 5.76 Å². The van der Waals surface area contributed by atoms with Gasteiger partial charge in [0.2, 0.25) is 5.91 Å². The van der Waals surface area contributed by atoms with Crippen LogP contribution in [0.25, 0.3) is 0 Å². The highest BCUT2D eigenvalue weighted by atomic mass is 16.5. The van der Waals surface area contributed by atoms with Crippen LogP contribution in [0.3, 0.4) is 0 Å². The number of hydrogen-bond acceptors (Lipinski definition) is 5. The number of aromatic nitrogens is 1. The summed E-state index contributed by atoms with van der Waals surface area (Å²) < 4.78 is 4.86. The van der Waals surface area contributed by atoms with Gasteiger partial charge in [0.25, 0.3) is 5.91 Å². The molecule has 0 radical (unpaired) electrons. The number of carbonyl (C=O) groups excluding carboxylic acids is 2. The summed E-state index contributed by atoms with van der Waals surface area (Å²) in [7, 11) is 0. The standard InChI is InChI=1S/C17H21N3O4/c1-11-8-14(20-24-11)16(23)18-13-6-4-12(5-7-13)9-15(22)19-17(2,3)10-21/h4-8,21H,9-10H2,1-3H3,(H,18,23)(H,19,22). The van der Waals surface area contributed by atoms with Crippen LogP contribution in [-0.4, -0.2) is 34.2 Å². The van der Waals surface area contributed by atoms with E-state index < -0.39 is 5.54 Å². The molecule has 2 rings (SSSR count). The molecule has 3 N–H and O–H groups in total. The molecular formula is C17H21N3O4. The van der Waals surface area contributed by atoms with E-state index in [1.165, 1.54) is 0 Å². The van der Waals surface area contributed by atoms with Crippen LogP contribution in [0.15, 0.2) is 34.9 Å². The fourth-order valence-electron chi connectivity index (χ4n) is 2.02. The SMILES string of the molecule is Cc1cc(C(=O)Nc2ccc(CC(=O)NC(C)(C)CO)cc2)no1. The summed E-state index contributed by atoms with van der Waals surface area (Å²) in [4.78, 5) is 23.9. The van der Waals surface area contributed by atoms with Crippen LogP contribution in [0.4, 0.5) is 5.69 Å². The van der Waals surface area contributed by atoms with E-state index in [9.17, 15) is 9.59 Å². The van der Waals surface area contributed by atoms with Gasteiger partial charge >= 0.3 is 0 Å². The summed E-state index contributed by atoms with van der Waals surface area (Å²) >= 11 is 0. The van der Waals surface area contributed by atoms with Crippen LogP contribution >= 0.6 is 0 Å². The highest BCUT2D eigenvalue weighted by Crippen LogP contribution is 2.12. The van der Waals surface area contributed by atoms with Gasteiger partial charge in [-0.05, 0) is 38.5 Å². The van der Waals surface area contributed by atoms with E-state index in [2.05, 4.69) is 15.8 Å². The zero-order valence-corrected chi connectivity index (χ0v) is 13.9. The van der Waals surface area contributed by atoms with Crippen molar-refractivity contribution in [3.05, 3.63) is 47.3 Å². The third-order valence-electron chi connectivity index (χ3n) is 3.31. The number of rotatable bonds is 6. The van der Waals surface area contributed by atoms with E-state index in [0.29, 0.717) is 11.4 Å². The second-order valence-electron chi connectivity index (χ2n) is 6.24. The highest BCUT2D eigenvalue weighted by molar-refractivity contribution is 6.02. The first-order valence-corrected chi connectivity index (χ1v) is 7.54. The number of carbonyl (C=O) groups is 2. The molecule has 0 saturated carbocycles. The molecule has 24 heavy (non-hydrogen) atoms. The van der Waals surface area contributed by atoms with Gasteiger partial charge in [-0.3, -0.25) is 9.59 Å². The largest absolute Gasteiger partial charge is 0.394 e. The summed E-state index contributed by atoms with van der Waals surface area (Å²) in [6, 6.07) is 8.50. The summed E-state index contributed by atoms with van der Waals surface area (Å²) in [6.07, 6.45) is 0.195. The summed E-state index contributed by atoms with van der Waals surface area (Å²) in [6.45, 7) is 5.07. The second-order valence-corrected chi connectivity index (χ2v) is 6.24. The van der Waals surface area contributed by atoms with Crippen molar-refractivity contribution in [2.24, 2.45) is 0 Å². The first-order chi connectivity index (χ1) is 11.3. The molecule has 0 aliphatic heterocycles. The van der Waals surface area contributed by atoms with Gasteiger partial charge < -0.3 is 20.3 Å². The Morgan fingerprint density at radius 1 is 1.25 bits per heavy atom. The average molecular weight is 331 g/mol. The first kappa shape index (κ1) is 17.7. The van der Waals surface area contributed by atoms with Crippen LogP contribution in [0, 0.1) is 6.92 Å². The van der Waals surface area contributed by atoms with Gasteiger partial charge in [-0.15, -0.1) is 0 Å². The quantitative estimate of drug-likeness (QED) is 0.747. The maximum absolute atomic E-state index is 12.0. The smallest absolute Gasteiger partial charge is 0.277 e. The summed E-state index contributed by atoms with van der Waals surface area (Å²) in [5.41, 5.74) is 0.958. The van der Waals surface area contributed by atoms with Crippen LogP contribution in [0.2, 0.25) is 0 Å². The van der Waals surface area contributed by atoms with Crippen molar-refractivity contribution in [2.45, 2.75) is 32.7 Å². The fourth-order valence-corrected chi connectivity index (χ4v) is 2.02. The molecule has 1 heterocycles. The fraction of sp³-hybridized carbons (Fsp3) is 0.353. The number of aliphatic hydroxyl groups excluding tert-OH is 1. The Morgan fingerprint density at radius 3 is 2.46 bits per heavy atom. The van der Waals surface area contributed by atoms with Gasteiger partial charge in [0, 0.05) is 11.8 Å². The number of aryl methyl sites for hydroxylation is 1. The summed E-state index contributed by atoms with van der Waals surface area (Å²) in [5, 5.41) is 18.3. The van der Waals surface area contributed by atoms with Crippen molar-refractivity contribution in [3.63, 3.8) is 0 Å². The lowest BCUT2D eigenvalue weighted by molar-refractivity contribution is -0.122. The molecule has 1 aromatic carbocycles. The predicted octanol–water partition coefficient (Wildman–Crippen LogP) is 1.66. The summed E-state index contributed by atoms with van der Waals surface area (Å²) in [5.74, 6) is 0.0262. The Hall–Kier alpha value is -2.67. The van der Waals surface area contributed by atoms with Crippen molar-refractivity contribution in [2.75, 3.05) is 11.9 Å². The van der Waals surface area contributed by atoms with Crippen molar-refractivity contribution in [1.29, 1.82) is 0 Å². The van der Waals surface area contributed by atoms with Gasteiger partial charge in [0.15, 0.2) is 5.69 Å². The third kappa shape index (κ3) is 4.92. The number of anilines is 1. The first-order valence-electron chi connectivity index (χ1n) is 7.54. The predicted molar refractivity (Wildman–Crippen MR) is 88.6 cm³/mol. The molecule has 128 valence electrons. The number of nitrogens with one attached hydrogen (secondary N) is 2. The van der Waals surface area contributed by atoms with Crippen molar-refractivity contribution in [3.8, 4) is 0 Å². The second kappa shape index (κ2) is 7.27. The number of amides is 2. The van der Waals surface area contributed by atoms with E-state index in [-0.39, 0.29) is 30.5 Å². The Morgan fingerprint density at radius 2 is 1.92 bits per heavy atom. The number of benzene rings is 1. The maximum Gasteiger partial charge on any atom is 0.277 e. The van der Waals surface area contributed by atoms with Gasteiger partial charge in [-0.25, -0.2) is 0 Å². The number of nitrogens with zero attached hydrogens (tertiary/aromatic N) is 1. The third-order valence-corrected chi connectivity index (χ3v) is 3.31. The zero-order valence-electron chi connectivity index (χ0n) is 13.9. The van der Waals surface area contributed by atoms with Crippen LogP contribution in [0.5, 0.6) is 0 Å². The van der Waals surface area contributed by atoms with Crippen LogP contribution in [-0.2, 0) is 11.2 Å². The normalized spacial score (nSPS) is 11.2. The number of hydrogen-bond donors (Lipinski definition) is 3. The number of aliphatic hydroxyl groups is 1. The van der Waals surface area contributed by atoms with Crippen LogP contribution in [0.1, 0.15) is 35.7 Å². The van der Waals surface area contributed by atoms with Crippen LogP contribution < -0.4 is 10.6 Å². The Bertz CT molecular complexity index is 720. The molecule has 0 aliphatic carbocycles. The molecule has 7 nitrogen and oxygen atoms in total. The lowest BCUT2D eigenvalue weighted by Gasteiger charge is -2.23. The minimum atomic E-state index is -0.652. The molecule has 0 atom stereocenters. The molecule has 0 bridgehead atoms. The average Bonchev–Trinajstić information content (AvgIpc) is 2.95. The van der Waals surface area contributed by atoms with E-state index in [0.717, 1.165) is 5.56 Å². The van der Waals surface area contributed by atoms with E-state index in [1.54, 1.807) is 51.1 Å². The topological polar surface area (TPSA) is 104 Å². The molecule has 1 aromatic heterocycles. The molecule has 2 aromatic rings. The Labute approximate surface area is 140 Å². The molecule has 0 spiro atoms. The molecule has 2 amide bonds. The molecule has 0 unspecified atom stereocenters. The maximum atomic E-state index is 12.0. The molecule has 0 fully saturated rings. The van der Waals surface area contributed by atoms with Gasteiger partial charge in [0.05, 0.1) is 18.6 Å². The molecular weight excluding hydrogens is 310 g/mol. The molecule has 0 aliphatic rings. The van der Waals surface area contributed by atoms with Gasteiger partial charge in [-0.2, -0.15) is 0 Å². The van der Waals surface area contributed by atoms with E-state index >= 15 is 0 Å². The van der Waals surface area contributed by atoms with E-state index in [4.69, 9.17) is 9.63 Å². The lowest BCUT2D eigenvalue weighted by atomic mass is 10.1. The molecule has 0 saturated heterocycles. The van der Waals surface area contributed by atoms with Gasteiger partial charge in [-0.1, -0.05) is 17.3 Å². The molecule has 7 heteroatoms. The Balaban J connectivity index is 1.93. The minimum Gasteiger partial charge on any atom is -0.394 e. The minimum absolute atomic E-state index is 0.134.